The molecule has 0 saturated heterocycles. The zero-order valence-electron chi connectivity index (χ0n) is 15.7. The summed E-state index contributed by atoms with van der Waals surface area (Å²) in [4.78, 5) is 5.17. The number of rotatable bonds is 4. The molecule has 0 aliphatic carbocycles. The van der Waals surface area contributed by atoms with Gasteiger partial charge in [-0.3, -0.25) is 4.57 Å². The number of aromatic nitrogens is 2. The minimum Gasteiger partial charge on any atom is -0.299 e. The van der Waals surface area contributed by atoms with Gasteiger partial charge in [-0.2, -0.15) is 0 Å². The molecule has 0 unspecified atom stereocenters. The zero-order chi connectivity index (χ0) is 19.7. The molecular weight excluding hydrogens is 368 g/mol. The molecule has 140 valence electrons. The molecule has 0 bridgehead atoms. The second kappa shape index (κ2) is 7.09. The summed E-state index contributed by atoms with van der Waals surface area (Å²) in [5.74, 6) is 0.811. The highest BCUT2D eigenvalue weighted by atomic mass is 32.2. The van der Waals surface area contributed by atoms with Crippen molar-refractivity contribution in [1.82, 2.24) is 9.55 Å². The highest BCUT2D eigenvalue weighted by Crippen LogP contribution is 2.28. The molecule has 3 aromatic carbocycles. The maximum Gasteiger partial charge on any atom is 0.175 e. The Morgan fingerprint density at radius 1 is 0.786 bits per heavy atom. The second-order valence-electron chi connectivity index (χ2n) is 6.82. The van der Waals surface area contributed by atoms with Crippen LogP contribution in [0.1, 0.15) is 5.56 Å². The van der Waals surface area contributed by atoms with Gasteiger partial charge in [0.15, 0.2) is 9.84 Å². The first-order valence-electron chi connectivity index (χ1n) is 8.94. The Kier molecular flexibility index (Phi) is 4.61. The largest absolute Gasteiger partial charge is 0.299 e. The third-order valence-electron chi connectivity index (χ3n) is 4.63. The van der Waals surface area contributed by atoms with E-state index >= 15 is 0 Å². The van der Waals surface area contributed by atoms with Crippen LogP contribution in [0.15, 0.2) is 90.0 Å². The van der Waals surface area contributed by atoms with E-state index < -0.39 is 9.84 Å². The van der Waals surface area contributed by atoms with Crippen LogP contribution in [0.25, 0.3) is 28.3 Å². The third kappa shape index (κ3) is 3.62. The van der Waals surface area contributed by atoms with Crippen molar-refractivity contribution in [1.29, 1.82) is 0 Å². The van der Waals surface area contributed by atoms with Gasteiger partial charge in [0.2, 0.25) is 0 Å². The van der Waals surface area contributed by atoms with Gasteiger partial charge < -0.3 is 0 Å². The smallest absolute Gasteiger partial charge is 0.175 e. The fraction of sp³-hybridized carbons (Fsp3) is 0.0870. The van der Waals surface area contributed by atoms with Gasteiger partial charge in [-0.05, 0) is 31.2 Å². The maximum atomic E-state index is 11.8. The minimum atomic E-state index is -3.23. The molecule has 0 aliphatic rings. The van der Waals surface area contributed by atoms with Crippen molar-refractivity contribution in [3.63, 3.8) is 0 Å². The summed E-state index contributed by atoms with van der Waals surface area (Å²) in [6.45, 7) is 2.05. The van der Waals surface area contributed by atoms with Crippen molar-refractivity contribution >= 4 is 9.84 Å². The highest BCUT2D eigenvalue weighted by molar-refractivity contribution is 7.90. The van der Waals surface area contributed by atoms with Gasteiger partial charge in [-0.1, -0.05) is 60.2 Å². The van der Waals surface area contributed by atoms with E-state index in [0.29, 0.717) is 4.90 Å². The molecule has 0 atom stereocenters. The lowest BCUT2D eigenvalue weighted by atomic mass is 10.1. The molecule has 0 fully saturated rings. The lowest BCUT2D eigenvalue weighted by Crippen LogP contribution is -1.99. The van der Waals surface area contributed by atoms with Crippen LogP contribution in [0.2, 0.25) is 0 Å². The molecule has 0 aliphatic heterocycles. The highest BCUT2D eigenvalue weighted by Gasteiger charge is 2.14. The van der Waals surface area contributed by atoms with E-state index in [4.69, 9.17) is 4.98 Å². The Hall–Kier alpha value is -3.18. The first-order valence-corrected chi connectivity index (χ1v) is 10.8. The van der Waals surface area contributed by atoms with Crippen LogP contribution in [0.5, 0.6) is 0 Å². The number of aryl methyl sites for hydroxylation is 1. The topological polar surface area (TPSA) is 52.0 Å². The molecule has 0 amide bonds. The molecule has 0 saturated carbocycles. The van der Waals surface area contributed by atoms with Crippen LogP contribution < -0.4 is 0 Å². The lowest BCUT2D eigenvalue weighted by molar-refractivity contribution is 0.602. The first kappa shape index (κ1) is 18.2. The molecule has 4 rings (SSSR count). The molecule has 0 N–H and O–H groups in total. The van der Waals surface area contributed by atoms with Crippen LogP contribution in [-0.4, -0.2) is 24.2 Å². The molecule has 0 radical (unpaired) electrons. The number of hydrogen-bond acceptors (Lipinski definition) is 3. The van der Waals surface area contributed by atoms with E-state index in [1.807, 2.05) is 65.4 Å². The quantitative estimate of drug-likeness (QED) is 0.499. The van der Waals surface area contributed by atoms with Gasteiger partial charge in [0.05, 0.1) is 10.6 Å². The SMILES string of the molecule is Cc1ccc(-c2nc(-c3ccccc3)cn2-c2ccc(S(C)(=O)=O)cc2)cc1. The predicted molar refractivity (Wildman–Crippen MR) is 112 cm³/mol. The maximum absolute atomic E-state index is 11.8. The summed E-state index contributed by atoms with van der Waals surface area (Å²) in [5, 5.41) is 0. The van der Waals surface area contributed by atoms with Gasteiger partial charge in [0.25, 0.3) is 0 Å². The Morgan fingerprint density at radius 2 is 1.43 bits per heavy atom. The van der Waals surface area contributed by atoms with Crippen molar-refractivity contribution in [2.45, 2.75) is 11.8 Å². The van der Waals surface area contributed by atoms with Crippen molar-refractivity contribution in [2.24, 2.45) is 0 Å². The molecule has 0 spiro atoms. The van der Waals surface area contributed by atoms with Crippen molar-refractivity contribution in [2.75, 3.05) is 6.26 Å². The van der Waals surface area contributed by atoms with E-state index in [-0.39, 0.29) is 0 Å². The van der Waals surface area contributed by atoms with E-state index in [9.17, 15) is 8.42 Å². The van der Waals surface area contributed by atoms with Gasteiger partial charge in [0, 0.05) is 29.3 Å². The molecule has 1 aromatic heterocycles. The molecule has 4 aromatic rings. The predicted octanol–water partition coefficient (Wildman–Crippen LogP) is 4.92. The second-order valence-corrected chi connectivity index (χ2v) is 8.83. The molecule has 5 heteroatoms. The number of nitrogens with zero attached hydrogens (tertiary/aromatic N) is 2. The van der Waals surface area contributed by atoms with E-state index in [1.54, 1.807) is 12.1 Å². The summed E-state index contributed by atoms with van der Waals surface area (Å²) in [5.41, 5.74) is 4.94. The van der Waals surface area contributed by atoms with Gasteiger partial charge in [-0.15, -0.1) is 0 Å². The summed E-state index contributed by atoms with van der Waals surface area (Å²) >= 11 is 0. The van der Waals surface area contributed by atoms with Gasteiger partial charge in [0.1, 0.15) is 5.82 Å². The minimum absolute atomic E-state index is 0.302. The van der Waals surface area contributed by atoms with Crippen molar-refractivity contribution < 1.29 is 8.42 Å². The van der Waals surface area contributed by atoms with Crippen LogP contribution in [0, 0.1) is 6.92 Å². The molecule has 4 nitrogen and oxygen atoms in total. The summed E-state index contributed by atoms with van der Waals surface area (Å²) in [6, 6.07) is 25.1. The number of hydrogen-bond donors (Lipinski definition) is 0. The zero-order valence-corrected chi connectivity index (χ0v) is 16.5. The van der Waals surface area contributed by atoms with E-state index in [1.165, 1.54) is 11.8 Å². The fourth-order valence-corrected chi connectivity index (χ4v) is 3.72. The van der Waals surface area contributed by atoms with Crippen molar-refractivity contribution in [3.8, 4) is 28.3 Å². The molecule has 28 heavy (non-hydrogen) atoms. The van der Waals surface area contributed by atoms with Crippen LogP contribution in [0.3, 0.4) is 0 Å². The fourth-order valence-electron chi connectivity index (χ4n) is 3.09. The van der Waals surface area contributed by atoms with Crippen LogP contribution in [-0.2, 0) is 9.84 Å². The van der Waals surface area contributed by atoms with Crippen LogP contribution >= 0.6 is 0 Å². The Morgan fingerprint density at radius 3 is 2.04 bits per heavy atom. The number of sulfone groups is 1. The van der Waals surface area contributed by atoms with E-state index in [0.717, 1.165) is 28.3 Å². The number of imidazole rings is 1. The molecular formula is C23H20N2O2S. The normalized spacial score (nSPS) is 11.5. The Labute approximate surface area is 165 Å². The Bertz CT molecular complexity index is 1210. The first-order chi connectivity index (χ1) is 13.4. The summed E-state index contributed by atoms with van der Waals surface area (Å²) in [6.07, 6.45) is 3.20. The average molecular weight is 388 g/mol. The van der Waals surface area contributed by atoms with E-state index in [2.05, 4.69) is 19.1 Å². The van der Waals surface area contributed by atoms with Gasteiger partial charge in [-0.25, -0.2) is 13.4 Å². The monoisotopic (exact) mass is 388 g/mol. The molecule has 1 heterocycles. The van der Waals surface area contributed by atoms with Gasteiger partial charge >= 0.3 is 0 Å². The Balaban J connectivity index is 1.87. The summed E-state index contributed by atoms with van der Waals surface area (Å²) < 4.78 is 25.5. The summed E-state index contributed by atoms with van der Waals surface area (Å²) in [7, 11) is -3.23. The number of benzene rings is 3. The third-order valence-corrected chi connectivity index (χ3v) is 5.76. The van der Waals surface area contributed by atoms with Crippen molar-refractivity contribution in [3.05, 3.63) is 90.6 Å². The average Bonchev–Trinajstić information content (AvgIpc) is 3.14. The van der Waals surface area contributed by atoms with Crippen LogP contribution in [0.4, 0.5) is 0 Å². The standard InChI is InChI=1S/C23H20N2O2S/c1-17-8-10-19(11-9-17)23-24-22(18-6-4-3-5-7-18)16-25(23)20-12-14-21(15-13-20)28(2,26)27/h3-16H,1-2H3. The lowest BCUT2D eigenvalue weighted by Gasteiger charge is -2.09.